The van der Waals surface area contributed by atoms with Crippen molar-refractivity contribution < 1.29 is 4.79 Å². The lowest BCUT2D eigenvalue weighted by Crippen LogP contribution is -2.31. The number of nitrogens with one attached hydrogen (secondary N) is 2. The van der Waals surface area contributed by atoms with E-state index in [2.05, 4.69) is 48.7 Å². The molecule has 0 bridgehead atoms. The highest BCUT2D eigenvalue weighted by atomic mass is 32.1. The number of carbonyl (C=O) groups is 1. The standard InChI is InChI=1S/C20H23N3OS/c1-14-8-10-16(11-9-14)15(2)21-20(25)22-17-5-3-6-18(13-17)23-12-4-7-19(23)24/h3,5-6,8-11,13,15H,4,7,12H2,1-2H3,(H2,21,22,25)/t15-/m1/s1. The van der Waals surface area contributed by atoms with E-state index in [1.807, 2.05) is 29.2 Å². The summed E-state index contributed by atoms with van der Waals surface area (Å²) in [5.41, 5.74) is 4.23. The maximum Gasteiger partial charge on any atom is 0.227 e. The molecule has 2 aromatic rings. The largest absolute Gasteiger partial charge is 0.356 e. The van der Waals surface area contributed by atoms with Gasteiger partial charge in [-0.3, -0.25) is 4.79 Å². The van der Waals surface area contributed by atoms with Gasteiger partial charge in [-0.25, -0.2) is 0 Å². The van der Waals surface area contributed by atoms with Crippen molar-refractivity contribution in [2.45, 2.75) is 32.7 Å². The monoisotopic (exact) mass is 353 g/mol. The molecule has 1 atom stereocenters. The van der Waals surface area contributed by atoms with E-state index in [-0.39, 0.29) is 11.9 Å². The highest BCUT2D eigenvalue weighted by Crippen LogP contribution is 2.24. The molecule has 0 radical (unpaired) electrons. The average molecular weight is 353 g/mol. The zero-order valence-corrected chi connectivity index (χ0v) is 15.4. The Bertz CT molecular complexity index is 773. The van der Waals surface area contributed by atoms with Crippen LogP contribution in [0.1, 0.15) is 36.9 Å². The van der Waals surface area contributed by atoms with Crippen LogP contribution >= 0.6 is 12.2 Å². The second-order valence-corrected chi connectivity index (χ2v) is 6.84. The minimum Gasteiger partial charge on any atom is -0.356 e. The lowest BCUT2D eigenvalue weighted by molar-refractivity contribution is -0.117. The van der Waals surface area contributed by atoms with Gasteiger partial charge >= 0.3 is 0 Å². The summed E-state index contributed by atoms with van der Waals surface area (Å²) in [6, 6.07) is 16.3. The van der Waals surface area contributed by atoms with E-state index in [4.69, 9.17) is 12.2 Å². The third kappa shape index (κ3) is 4.37. The Morgan fingerprint density at radius 1 is 1.20 bits per heavy atom. The summed E-state index contributed by atoms with van der Waals surface area (Å²) in [6.07, 6.45) is 1.55. The van der Waals surface area contributed by atoms with Gasteiger partial charge < -0.3 is 15.5 Å². The van der Waals surface area contributed by atoms with E-state index < -0.39 is 0 Å². The van der Waals surface area contributed by atoms with Crippen LogP contribution in [0.5, 0.6) is 0 Å². The third-order valence-corrected chi connectivity index (χ3v) is 4.63. The van der Waals surface area contributed by atoms with Crippen LogP contribution in [0.15, 0.2) is 48.5 Å². The molecule has 1 aliphatic rings. The molecule has 0 unspecified atom stereocenters. The highest BCUT2D eigenvalue weighted by molar-refractivity contribution is 7.80. The number of nitrogens with zero attached hydrogens (tertiary/aromatic N) is 1. The second kappa shape index (κ2) is 7.66. The fourth-order valence-corrected chi connectivity index (χ4v) is 3.27. The van der Waals surface area contributed by atoms with Crippen molar-refractivity contribution in [1.82, 2.24) is 5.32 Å². The minimum atomic E-state index is 0.115. The van der Waals surface area contributed by atoms with E-state index >= 15 is 0 Å². The Hall–Kier alpha value is -2.40. The van der Waals surface area contributed by atoms with Crippen LogP contribution in [0.3, 0.4) is 0 Å². The molecule has 0 saturated carbocycles. The van der Waals surface area contributed by atoms with Crippen molar-refractivity contribution in [3.05, 3.63) is 59.7 Å². The lowest BCUT2D eigenvalue weighted by atomic mass is 10.1. The van der Waals surface area contributed by atoms with E-state index in [1.54, 1.807) is 0 Å². The Morgan fingerprint density at radius 2 is 1.96 bits per heavy atom. The van der Waals surface area contributed by atoms with Crippen molar-refractivity contribution in [3.8, 4) is 0 Å². The van der Waals surface area contributed by atoms with Gasteiger partial charge in [-0.05, 0) is 56.2 Å². The van der Waals surface area contributed by atoms with Gasteiger partial charge in [0, 0.05) is 24.3 Å². The highest BCUT2D eigenvalue weighted by Gasteiger charge is 2.21. The van der Waals surface area contributed by atoms with Crippen LogP contribution < -0.4 is 15.5 Å². The van der Waals surface area contributed by atoms with Crippen molar-refractivity contribution in [1.29, 1.82) is 0 Å². The third-order valence-electron chi connectivity index (χ3n) is 4.41. The van der Waals surface area contributed by atoms with Gasteiger partial charge in [-0.15, -0.1) is 0 Å². The predicted molar refractivity (Wildman–Crippen MR) is 107 cm³/mol. The summed E-state index contributed by atoms with van der Waals surface area (Å²) >= 11 is 5.44. The first kappa shape index (κ1) is 17.4. The first-order chi connectivity index (χ1) is 12.0. The number of benzene rings is 2. The van der Waals surface area contributed by atoms with E-state index in [9.17, 15) is 4.79 Å². The zero-order valence-electron chi connectivity index (χ0n) is 14.6. The zero-order chi connectivity index (χ0) is 17.8. The molecule has 1 heterocycles. The van der Waals surface area contributed by atoms with Crippen LogP contribution in [-0.4, -0.2) is 17.6 Å². The first-order valence-electron chi connectivity index (χ1n) is 8.57. The predicted octanol–water partition coefficient (Wildman–Crippen LogP) is 4.17. The molecule has 1 amide bonds. The molecule has 25 heavy (non-hydrogen) atoms. The minimum absolute atomic E-state index is 0.115. The summed E-state index contributed by atoms with van der Waals surface area (Å²) in [5.74, 6) is 0.186. The number of hydrogen-bond acceptors (Lipinski definition) is 2. The number of carbonyl (C=O) groups excluding carboxylic acids is 1. The molecule has 0 aliphatic carbocycles. The second-order valence-electron chi connectivity index (χ2n) is 6.43. The Kier molecular flexibility index (Phi) is 5.34. The molecular weight excluding hydrogens is 330 g/mol. The summed E-state index contributed by atoms with van der Waals surface area (Å²) in [4.78, 5) is 13.7. The number of amides is 1. The summed E-state index contributed by atoms with van der Waals surface area (Å²) < 4.78 is 0. The SMILES string of the molecule is Cc1ccc([C@@H](C)NC(=S)Nc2cccc(N3CCCC3=O)c2)cc1. The molecule has 3 rings (SSSR count). The molecule has 2 N–H and O–H groups in total. The number of aryl methyl sites for hydroxylation is 1. The van der Waals surface area contributed by atoms with Gasteiger partial charge in [0.25, 0.3) is 0 Å². The first-order valence-corrected chi connectivity index (χ1v) is 8.98. The van der Waals surface area contributed by atoms with Crippen LogP contribution in [-0.2, 0) is 4.79 Å². The molecule has 1 saturated heterocycles. The van der Waals surface area contributed by atoms with Crippen LogP contribution in [0.2, 0.25) is 0 Å². The molecular formula is C20H23N3OS. The van der Waals surface area contributed by atoms with Crippen molar-refractivity contribution in [3.63, 3.8) is 0 Å². The molecule has 4 nitrogen and oxygen atoms in total. The van der Waals surface area contributed by atoms with Crippen LogP contribution in [0, 0.1) is 6.92 Å². The number of rotatable bonds is 4. The summed E-state index contributed by atoms with van der Waals surface area (Å²) in [5, 5.41) is 7.08. The molecule has 1 aliphatic heterocycles. The normalized spacial score (nSPS) is 15.1. The van der Waals surface area contributed by atoms with Gasteiger partial charge in [0.05, 0.1) is 6.04 Å². The molecule has 130 valence electrons. The Labute approximate surface area is 154 Å². The molecule has 0 aromatic heterocycles. The van der Waals surface area contributed by atoms with Gasteiger partial charge in [0.1, 0.15) is 0 Å². The van der Waals surface area contributed by atoms with E-state index in [0.717, 1.165) is 24.3 Å². The molecule has 0 spiro atoms. The van der Waals surface area contributed by atoms with Gasteiger partial charge in [-0.1, -0.05) is 35.9 Å². The van der Waals surface area contributed by atoms with Crippen LogP contribution in [0.25, 0.3) is 0 Å². The van der Waals surface area contributed by atoms with Crippen LogP contribution in [0.4, 0.5) is 11.4 Å². The number of thiocarbonyl (C=S) groups is 1. The van der Waals surface area contributed by atoms with Gasteiger partial charge in [-0.2, -0.15) is 0 Å². The summed E-state index contributed by atoms with van der Waals surface area (Å²) in [6.45, 7) is 4.94. The Balaban J connectivity index is 1.62. The van der Waals surface area contributed by atoms with E-state index in [0.29, 0.717) is 11.5 Å². The van der Waals surface area contributed by atoms with Crippen molar-refractivity contribution >= 4 is 34.6 Å². The number of anilines is 2. The molecule has 1 fully saturated rings. The summed E-state index contributed by atoms with van der Waals surface area (Å²) in [7, 11) is 0. The quantitative estimate of drug-likeness (QED) is 0.810. The molecule has 5 heteroatoms. The topological polar surface area (TPSA) is 44.4 Å². The van der Waals surface area contributed by atoms with Crippen molar-refractivity contribution in [2.24, 2.45) is 0 Å². The fraction of sp³-hybridized carbons (Fsp3) is 0.300. The average Bonchev–Trinajstić information content (AvgIpc) is 3.01. The molecule has 2 aromatic carbocycles. The maximum absolute atomic E-state index is 11.9. The number of hydrogen-bond donors (Lipinski definition) is 2. The Morgan fingerprint density at radius 3 is 2.64 bits per heavy atom. The fourth-order valence-electron chi connectivity index (χ4n) is 2.97. The van der Waals surface area contributed by atoms with Gasteiger partial charge in [0.2, 0.25) is 5.91 Å². The van der Waals surface area contributed by atoms with Crippen molar-refractivity contribution in [2.75, 3.05) is 16.8 Å². The van der Waals surface area contributed by atoms with E-state index in [1.165, 1.54) is 11.1 Å². The smallest absolute Gasteiger partial charge is 0.227 e. The van der Waals surface area contributed by atoms with Gasteiger partial charge in [0.15, 0.2) is 5.11 Å². The maximum atomic E-state index is 11.9. The lowest BCUT2D eigenvalue weighted by Gasteiger charge is -2.19.